The maximum absolute atomic E-state index is 12.6. The number of nitrogens with one attached hydrogen (secondary N) is 2. The van der Waals surface area contributed by atoms with Gasteiger partial charge < -0.3 is 4.42 Å². The molecule has 2 amide bonds. The second-order valence-electron chi connectivity index (χ2n) is 6.36. The minimum atomic E-state index is -0.954. The highest BCUT2D eigenvalue weighted by Crippen LogP contribution is 2.18. The van der Waals surface area contributed by atoms with E-state index in [1.807, 2.05) is 30.3 Å². The minimum Gasteiger partial charge on any atom is -0.466 e. The second kappa shape index (κ2) is 7.51. The molecule has 0 saturated carbocycles. The van der Waals surface area contributed by atoms with Gasteiger partial charge in [0.25, 0.3) is 11.7 Å². The van der Waals surface area contributed by atoms with Gasteiger partial charge >= 0.3 is 5.91 Å². The molecule has 3 rings (SSSR count). The molecular formula is C20H20N4O4. The first-order valence-electron chi connectivity index (χ1n) is 8.63. The predicted octanol–water partition coefficient (Wildman–Crippen LogP) is 2.34. The van der Waals surface area contributed by atoms with Crippen molar-refractivity contribution in [2.45, 2.75) is 27.7 Å². The van der Waals surface area contributed by atoms with E-state index in [1.54, 1.807) is 38.4 Å². The summed E-state index contributed by atoms with van der Waals surface area (Å²) in [7, 11) is 0. The Kier molecular flexibility index (Phi) is 5.12. The quantitative estimate of drug-likeness (QED) is 0.410. The standard InChI is InChI=1S/C20H20N4O4/c1-11-10-16(14(4)28-11)19(26)21-22-20(27)18(25)17-12(2)23-24(13(17)3)15-8-6-5-7-9-15/h5-10H,1-4H3,(H,21,26)(H,22,27). The van der Waals surface area contributed by atoms with Gasteiger partial charge in [-0.2, -0.15) is 5.10 Å². The Morgan fingerprint density at radius 1 is 1.00 bits per heavy atom. The summed E-state index contributed by atoms with van der Waals surface area (Å²) in [6, 6.07) is 10.8. The number of hydrazine groups is 1. The molecule has 0 spiro atoms. The SMILES string of the molecule is Cc1cc(C(=O)NNC(=O)C(=O)c2c(C)nn(-c3ccccc3)c2C)c(C)o1. The second-order valence-corrected chi connectivity index (χ2v) is 6.36. The van der Waals surface area contributed by atoms with Gasteiger partial charge in [-0.3, -0.25) is 25.2 Å². The summed E-state index contributed by atoms with van der Waals surface area (Å²) in [4.78, 5) is 37.1. The third-order valence-electron chi connectivity index (χ3n) is 4.30. The van der Waals surface area contributed by atoms with Crippen molar-refractivity contribution in [2.24, 2.45) is 0 Å². The van der Waals surface area contributed by atoms with Crippen molar-refractivity contribution in [2.75, 3.05) is 0 Å². The van der Waals surface area contributed by atoms with Gasteiger partial charge in [-0.05, 0) is 45.9 Å². The van der Waals surface area contributed by atoms with E-state index in [0.29, 0.717) is 22.9 Å². The fraction of sp³-hybridized carbons (Fsp3) is 0.200. The molecule has 2 aromatic heterocycles. The minimum absolute atomic E-state index is 0.200. The lowest BCUT2D eigenvalue weighted by atomic mass is 10.1. The summed E-state index contributed by atoms with van der Waals surface area (Å²) in [6.45, 7) is 6.72. The summed E-state index contributed by atoms with van der Waals surface area (Å²) in [6.07, 6.45) is 0. The van der Waals surface area contributed by atoms with E-state index in [2.05, 4.69) is 16.0 Å². The van der Waals surface area contributed by atoms with Gasteiger partial charge in [-0.25, -0.2) is 4.68 Å². The Morgan fingerprint density at radius 2 is 1.68 bits per heavy atom. The Morgan fingerprint density at radius 3 is 2.29 bits per heavy atom. The number of amides is 2. The number of hydrogen-bond donors (Lipinski definition) is 2. The number of carbonyl (C=O) groups excluding carboxylic acids is 3. The smallest absolute Gasteiger partial charge is 0.310 e. The van der Waals surface area contributed by atoms with E-state index in [-0.39, 0.29) is 11.1 Å². The number of rotatable bonds is 4. The highest BCUT2D eigenvalue weighted by Gasteiger charge is 2.25. The molecule has 8 heteroatoms. The number of Topliss-reactive ketones (excluding diaryl/α,β-unsaturated/α-hetero) is 1. The molecule has 0 radical (unpaired) electrons. The molecule has 0 saturated heterocycles. The van der Waals surface area contributed by atoms with Crippen molar-refractivity contribution >= 4 is 17.6 Å². The highest BCUT2D eigenvalue weighted by molar-refractivity contribution is 6.43. The number of hydrogen-bond acceptors (Lipinski definition) is 5. The zero-order valence-corrected chi connectivity index (χ0v) is 16.0. The van der Waals surface area contributed by atoms with Gasteiger partial charge in [-0.1, -0.05) is 18.2 Å². The molecule has 0 aliphatic rings. The van der Waals surface area contributed by atoms with Crippen LogP contribution in [0.5, 0.6) is 0 Å². The first kappa shape index (κ1) is 19.1. The molecule has 28 heavy (non-hydrogen) atoms. The van der Waals surface area contributed by atoms with E-state index in [0.717, 1.165) is 5.69 Å². The van der Waals surface area contributed by atoms with Crippen LogP contribution < -0.4 is 10.9 Å². The molecule has 1 aromatic carbocycles. The van der Waals surface area contributed by atoms with Crippen LogP contribution in [0.3, 0.4) is 0 Å². The molecule has 3 aromatic rings. The molecule has 144 valence electrons. The Balaban J connectivity index is 1.75. The van der Waals surface area contributed by atoms with Crippen LogP contribution in [0.1, 0.15) is 43.6 Å². The topological polar surface area (TPSA) is 106 Å². The number of aryl methyl sites for hydroxylation is 3. The van der Waals surface area contributed by atoms with Crippen molar-refractivity contribution in [3.05, 3.63) is 70.4 Å². The molecule has 0 fully saturated rings. The van der Waals surface area contributed by atoms with Crippen LogP contribution in [0.4, 0.5) is 0 Å². The summed E-state index contributed by atoms with van der Waals surface area (Å²) in [5.41, 5.74) is 6.62. The van der Waals surface area contributed by atoms with Crippen molar-refractivity contribution in [1.82, 2.24) is 20.6 Å². The number of furan rings is 1. The van der Waals surface area contributed by atoms with E-state index in [9.17, 15) is 14.4 Å². The maximum atomic E-state index is 12.6. The predicted molar refractivity (Wildman–Crippen MR) is 101 cm³/mol. The van der Waals surface area contributed by atoms with Gasteiger partial charge in [0.2, 0.25) is 0 Å². The molecule has 0 bridgehead atoms. The van der Waals surface area contributed by atoms with E-state index in [4.69, 9.17) is 4.42 Å². The lowest BCUT2D eigenvalue weighted by Crippen LogP contribution is -2.45. The first-order valence-corrected chi connectivity index (χ1v) is 8.63. The van der Waals surface area contributed by atoms with Crippen molar-refractivity contribution in [1.29, 1.82) is 0 Å². The largest absolute Gasteiger partial charge is 0.466 e. The summed E-state index contributed by atoms with van der Waals surface area (Å²) < 4.78 is 6.89. The van der Waals surface area contributed by atoms with Crippen LogP contribution >= 0.6 is 0 Å². The molecule has 0 atom stereocenters. The molecular weight excluding hydrogens is 360 g/mol. The van der Waals surface area contributed by atoms with Gasteiger partial charge in [-0.15, -0.1) is 0 Å². The summed E-state index contributed by atoms with van der Waals surface area (Å²) in [5, 5.41) is 4.36. The Bertz CT molecular complexity index is 1060. The van der Waals surface area contributed by atoms with Crippen LogP contribution in [0.25, 0.3) is 5.69 Å². The van der Waals surface area contributed by atoms with E-state index < -0.39 is 17.6 Å². The molecule has 8 nitrogen and oxygen atoms in total. The van der Waals surface area contributed by atoms with Gasteiger partial charge in [0.1, 0.15) is 11.5 Å². The summed E-state index contributed by atoms with van der Waals surface area (Å²) >= 11 is 0. The van der Waals surface area contributed by atoms with Gasteiger partial charge in [0.15, 0.2) is 0 Å². The van der Waals surface area contributed by atoms with Gasteiger partial charge in [0, 0.05) is 0 Å². The van der Waals surface area contributed by atoms with Crippen LogP contribution in [0, 0.1) is 27.7 Å². The van der Waals surface area contributed by atoms with Crippen LogP contribution in [-0.2, 0) is 4.79 Å². The van der Waals surface area contributed by atoms with E-state index >= 15 is 0 Å². The molecule has 2 N–H and O–H groups in total. The average molecular weight is 380 g/mol. The third kappa shape index (κ3) is 3.57. The number of aromatic nitrogens is 2. The van der Waals surface area contributed by atoms with Crippen LogP contribution in [-0.4, -0.2) is 27.4 Å². The maximum Gasteiger partial charge on any atom is 0.310 e. The molecule has 0 aliphatic carbocycles. The van der Waals surface area contributed by atoms with Crippen molar-refractivity contribution in [3.63, 3.8) is 0 Å². The number of ketones is 1. The van der Waals surface area contributed by atoms with Crippen LogP contribution in [0.15, 0.2) is 40.8 Å². The van der Waals surface area contributed by atoms with E-state index in [1.165, 1.54) is 0 Å². The Labute approximate surface area is 161 Å². The fourth-order valence-corrected chi connectivity index (χ4v) is 3.00. The monoisotopic (exact) mass is 380 g/mol. The van der Waals surface area contributed by atoms with Crippen molar-refractivity contribution < 1.29 is 18.8 Å². The number of carbonyl (C=O) groups is 3. The highest BCUT2D eigenvalue weighted by atomic mass is 16.3. The lowest BCUT2D eigenvalue weighted by Gasteiger charge is -2.07. The molecule has 0 aliphatic heterocycles. The average Bonchev–Trinajstić information content (AvgIpc) is 3.17. The number of para-hydroxylation sites is 1. The third-order valence-corrected chi connectivity index (χ3v) is 4.30. The first-order chi connectivity index (χ1) is 13.3. The van der Waals surface area contributed by atoms with Gasteiger partial charge in [0.05, 0.1) is 28.2 Å². The Hall–Kier alpha value is -3.68. The number of nitrogens with zero attached hydrogens (tertiary/aromatic N) is 2. The molecule has 0 unspecified atom stereocenters. The van der Waals surface area contributed by atoms with Crippen molar-refractivity contribution in [3.8, 4) is 5.69 Å². The molecule has 2 heterocycles. The normalized spacial score (nSPS) is 10.6. The zero-order chi connectivity index (χ0) is 20.4. The zero-order valence-electron chi connectivity index (χ0n) is 16.0. The number of benzene rings is 1. The van der Waals surface area contributed by atoms with Crippen LogP contribution in [0.2, 0.25) is 0 Å². The summed E-state index contributed by atoms with van der Waals surface area (Å²) in [5.74, 6) is -1.30. The lowest BCUT2D eigenvalue weighted by molar-refractivity contribution is -0.117. The fourth-order valence-electron chi connectivity index (χ4n) is 3.00.